The molecule has 0 aromatic rings. The molecule has 0 spiro atoms. The van der Waals surface area contributed by atoms with Gasteiger partial charge in [0.25, 0.3) is 0 Å². The molecule has 15 heavy (non-hydrogen) atoms. The maximum absolute atomic E-state index is 3.92. The first-order chi connectivity index (χ1) is 7.24. The van der Waals surface area contributed by atoms with Gasteiger partial charge in [-0.1, -0.05) is 39.5 Å². The van der Waals surface area contributed by atoms with Crippen LogP contribution in [0, 0.1) is 11.8 Å². The summed E-state index contributed by atoms with van der Waals surface area (Å²) in [5, 5.41) is 3.92. The SMILES string of the molecule is C[C@H]1CCC[C@@H](N[C@H]2CCC[C@H](C)C2)C1. The Hall–Kier alpha value is -0.0400. The predicted molar refractivity (Wildman–Crippen MR) is 66.0 cm³/mol. The molecule has 1 N–H and O–H groups in total. The first-order valence-electron chi connectivity index (χ1n) is 7.00. The Morgan fingerprint density at radius 3 is 1.60 bits per heavy atom. The average Bonchev–Trinajstić information content (AvgIpc) is 2.17. The van der Waals surface area contributed by atoms with E-state index in [2.05, 4.69) is 19.2 Å². The summed E-state index contributed by atoms with van der Waals surface area (Å²) in [7, 11) is 0. The van der Waals surface area contributed by atoms with Crippen molar-refractivity contribution in [1.82, 2.24) is 5.32 Å². The molecule has 0 amide bonds. The van der Waals surface area contributed by atoms with Gasteiger partial charge in [-0.05, 0) is 37.5 Å². The van der Waals surface area contributed by atoms with Gasteiger partial charge in [-0.2, -0.15) is 0 Å². The van der Waals surface area contributed by atoms with Crippen LogP contribution in [0.1, 0.15) is 65.2 Å². The molecule has 2 rings (SSSR count). The molecule has 0 unspecified atom stereocenters. The van der Waals surface area contributed by atoms with Crippen LogP contribution in [0.4, 0.5) is 0 Å². The van der Waals surface area contributed by atoms with Gasteiger partial charge in [-0.15, -0.1) is 0 Å². The van der Waals surface area contributed by atoms with Gasteiger partial charge in [0, 0.05) is 12.1 Å². The zero-order valence-corrected chi connectivity index (χ0v) is 10.5. The fraction of sp³-hybridized carbons (Fsp3) is 1.00. The fourth-order valence-electron chi connectivity index (χ4n) is 3.50. The van der Waals surface area contributed by atoms with Crippen molar-refractivity contribution < 1.29 is 0 Å². The highest BCUT2D eigenvalue weighted by Crippen LogP contribution is 2.27. The van der Waals surface area contributed by atoms with E-state index in [0.29, 0.717) is 0 Å². The largest absolute Gasteiger partial charge is 0.311 e. The van der Waals surface area contributed by atoms with Crippen LogP contribution in [0.15, 0.2) is 0 Å². The minimum absolute atomic E-state index is 0.837. The van der Waals surface area contributed by atoms with Crippen molar-refractivity contribution in [3.8, 4) is 0 Å². The molecule has 0 aromatic carbocycles. The van der Waals surface area contributed by atoms with E-state index in [1.807, 2.05) is 0 Å². The quantitative estimate of drug-likeness (QED) is 0.730. The molecule has 2 fully saturated rings. The van der Waals surface area contributed by atoms with Crippen molar-refractivity contribution in [2.24, 2.45) is 11.8 Å². The molecule has 2 saturated carbocycles. The van der Waals surface area contributed by atoms with Gasteiger partial charge in [-0.25, -0.2) is 0 Å². The molecule has 0 saturated heterocycles. The normalized spacial score (nSPS) is 42.8. The molecule has 0 aromatic heterocycles. The number of nitrogens with one attached hydrogen (secondary N) is 1. The van der Waals surface area contributed by atoms with Gasteiger partial charge in [0.15, 0.2) is 0 Å². The van der Waals surface area contributed by atoms with E-state index in [1.165, 1.54) is 51.4 Å². The lowest BCUT2D eigenvalue weighted by Gasteiger charge is -2.34. The number of rotatable bonds is 2. The molecule has 0 heterocycles. The van der Waals surface area contributed by atoms with Crippen LogP contribution >= 0.6 is 0 Å². The van der Waals surface area contributed by atoms with Gasteiger partial charge in [0.1, 0.15) is 0 Å². The second-order valence-corrected chi connectivity index (χ2v) is 6.10. The topological polar surface area (TPSA) is 12.0 Å². The van der Waals surface area contributed by atoms with Crippen LogP contribution in [-0.4, -0.2) is 12.1 Å². The second kappa shape index (κ2) is 5.34. The van der Waals surface area contributed by atoms with E-state index in [9.17, 15) is 0 Å². The molecule has 88 valence electrons. The molecule has 1 nitrogen and oxygen atoms in total. The third-order valence-electron chi connectivity index (χ3n) is 4.34. The Kier molecular flexibility index (Phi) is 4.07. The lowest BCUT2D eigenvalue weighted by Crippen LogP contribution is -2.42. The standard InChI is InChI=1S/C14H27N/c1-11-5-3-7-13(9-11)15-14-8-4-6-12(2)10-14/h11-15H,3-10H2,1-2H3/t11-,12-,13-,14+/m0/s1. The zero-order chi connectivity index (χ0) is 10.7. The summed E-state index contributed by atoms with van der Waals surface area (Å²) >= 11 is 0. The fourth-order valence-corrected chi connectivity index (χ4v) is 3.50. The van der Waals surface area contributed by atoms with Crippen LogP contribution in [0.2, 0.25) is 0 Å². The molecule has 2 aliphatic rings. The highest BCUT2D eigenvalue weighted by atomic mass is 15.0. The third kappa shape index (κ3) is 3.48. The summed E-state index contributed by atoms with van der Waals surface area (Å²) in [5.41, 5.74) is 0. The Balaban J connectivity index is 1.75. The van der Waals surface area contributed by atoms with E-state index in [0.717, 1.165) is 23.9 Å². The Labute approximate surface area is 95.0 Å². The molecule has 1 heteroatoms. The van der Waals surface area contributed by atoms with Crippen molar-refractivity contribution in [1.29, 1.82) is 0 Å². The second-order valence-electron chi connectivity index (χ2n) is 6.10. The van der Waals surface area contributed by atoms with Crippen molar-refractivity contribution in [2.75, 3.05) is 0 Å². The van der Waals surface area contributed by atoms with E-state index >= 15 is 0 Å². The maximum atomic E-state index is 3.92. The molecule has 0 bridgehead atoms. The summed E-state index contributed by atoms with van der Waals surface area (Å²) < 4.78 is 0. The predicted octanol–water partition coefficient (Wildman–Crippen LogP) is 3.73. The van der Waals surface area contributed by atoms with Crippen LogP contribution in [0.3, 0.4) is 0 Å². The lowest BCUT2D eigenvalue weighted by molar-refractivity contribution is 0.232. The van der Waals surface area contributed by atoms with Crippen LogP contribution in [-0.2, 0) is 0 Å². The smallest absolute Gasteiger partial charge is 0.00721 e. The van der Waals surface area contributed by atoms with Crippen LogP contribution in [0.25, 0.3) is 0 Å². The summed E-state index contributed by atoms with van der Waals surface area (Å²) in [5.74, 6) is 1.91. The van der Waals surface area contributed by atoms with Crippen molar-refractivity contribution in [3.05, 3.63) is 0 Å². The number of hydrogen-bond donors (Lipinski definition) is 1. The van der Waals surface area contributed by atoms with Crippen molar-refractivity contribution >= 4 is 0 Å². The summed E-state index contributed by atoms with van der Waals surface area (Å²) in [4.78, 5) is 0. The molecular formula is C14H27N. The summed E-state index contributed by atoms with van der Waals surface area (Å²) in [6.45, 7) is 4.83. The van der Waals surface area contributed by atoms with Gasteiger partial charge >= 0.3 is 0 Å². The van der Waals surface area contributed by atoms with Gasteiger partial charge in [0.2, 0.25) is 0 Å². The van der Waals surface area contributed by atoms with Gasteiger partial charge in [-0.3, -0.25) is 0 Å². The minimum atomic E-state index is 0.837. The Morgan fingerprint density at radius 2 is 1.20 bits per heavy atom. The molecule has 0 radical (unpaired) electrons. The minimum Gasteiger partial charge on any atom is -0.311 e. The van der Waals surface area contributed by atoms with Crippen LogP contribution in [0.5, 0.6) is 0 Å². The average molecular weight is 209 g/mol. The molecular weight excluding hydrogens is 182 g/mol. The molecule has 0 aliphatic heterocycles. The van der Waals surface area contributed by atoms with E-state index < -0.39 is 0 Å². The third-order valence-corrected chi connectivity index (χ3v) is 4.34. The monoisotopic (exact) mass is 209 g/mol. The molecule has 4 atom stereocenters. The van der Waals surface area contributed by atoms with E-state index in [4.69, 9.17) is 0 Å². The maximum Gasteiger partial charge on any atom is 0.00721 e. The highest BCUT2D eigenvalue weighted by molar-refractivity contribution is 4.82. The van der Waals surface area contributed by atoms with Crippen molar-refractivity contribution in [3.63, 3.8) is 0 Å². The first-order valence-corrected chi connectivity index (χ1v) is 7.00. The lowest BCUT2D eigenvalue weighted by atomic mass is 9.83. The zero-order valence-electron chi connectivity index (χ0n) is 10.5. The van der Waals surface area contributed by atoms with E-state index in [-0.39, 0.29) is 0 Å². The van der Waals surface area contributed by atoms with Gasteiger partial charge in [0.05, 0.1) is 0 Å². The summed E-state index contributed by atoms with van der Waals surface area (Å²) in [6, 6.07) is 1.67. The Morgan fingerprint density at radius 1 is 0.733 bits per heavy atom. The molecule has 2 aliphatic carbocycles. The van der Waals surface area contributed by atoms with Gasteiger partial charge < -0.3 is 5.32 Å². The Bertz CT molecular complexity index is 170. The first kappa shape index (κ1) is 11.4. The number of hydrogen-bond acceptors (Lipinski definition) is 1. The van der Waals surface area contributed by atoms with Crippen LogP contribution < -0.4 is 5.32 Å². The highest BCUT2D eigenvalue weighted by Gasteiger charge is 2.24. The van der Waals surface area contributed by atoms with E-state index in [1.54, 1.807) is 0 Å². The summed E-state index contributed by atoms with van der Waals surface area (Å²) in [6.07, 6.45) is 11.5. The van der Waals surface area contributed by atoms with Crippen molar-refractivity contribution in [2.45, 2.75) is 77.3 Å².